The standard InChI is InChI=1S/C16H19B/c1-12-10-13(2)16(14(3)11-12)17(4)15-8-6-5-7-9-15/h5-11H,1-4H3. The third-order valence-electron chi connectivity index (χ3n) is 3.47. The molecule has 17 heavy (non-hydrogen) atoms. The van der Waals surface area contributed by atoms with Gasteiger partial charge in [-0.2, -0.15) is 0 Å². The zero-order valence-electron chi connectivity index (χ0n) is 11.1. The van der Waals surface area contributed by atoms with Crippen molar-refractivity contribution in [3.63, 3.8) is 0 Å². The van der Waals surface area contributed by atoms with Crippen LogP contribution in [0, 0.1) is 20.8 Å². The van der Waals surface area contributed by atoms with E-state index >= 15 is 0 Å². The smallest absolute Gasteiger partial charge is 0.0774 e. The van der Waals surface area contributed by atoms with Crippen LogP contribution in [-0.2, 0) is 0 Å². The minimum absolute atomic E-state index is 0.469. The van der Waals surface area contributed by atoms with E-state index in [4.69, 9.17) is 0 Å². The summed E-state index contributed by atoms with van der Waals surface area (Å²) in [5, 5.41) is 0. The van der Waals surface area contributed by atoms with Crippen LogP contribution < -0.4 is 10.9 Å². The summed E-state index contributed by atoms with van der Waals surface area (Å²) < 4.78 is 0. The Kier molecular flexibility index (Phi) is 3.37. The second-order valence-electron chi connectivity index (χ2n) is 4.94. The Labute approximate surface area is 105 Å². The summed E-state index contributed by atoms with van der Waals surface area (Å²) in [5.41, 5.74) is 7.02. The van der Waals surface area contributed by atoms with E-state index in [-0.39, 0.29) is 0 Å². The molecule has 0 aromatic heterocycles. The van der Waals surface area contributed by atoms with Gasteiger partial charge in [0.2, 0.25) is 6.71 Å². The number of benzene rings is 2. The lowest BCUT2D eigenvalue weighted by molar-refractivity contribution is 1.35. The van der Waals surface area contributed by atoms with Gasteiger partial charge < -0.3 is 0 Å². The Morgan fingerprint density at radius 2 is 1.35 bits per heavy atom. The summed E-state index contributed by atoms with van der Waals surface area (Å²) in [6.45, 7) is 9.36. The monoisotopic (exact) mass is 222 g/mol. The molecule has 0 aliphatic carbocycles. The molecule has 1 heteroatoms. The molecule has 0 saturated carbocycles. The molecule has 2 aromatic carbocycles. The summed E-state index contributed by atoms with van der Waals surface area (Å²) in [6.07, 6.45) is 0. The lowest BCUT2D eigenvalue weighted by Crippen LogP contribution is -2.42. The molecule has 0 fully saturated rings. The van der Waals surface area contributed by atoms with Gasteiger partial charge >= 0.3 is 0 Å². The van der Waals surface area contributed by atoms with Crippen molar-refractivity contribution in [1.29, 1.82) is 0 Å². The highest BCUT2D eigenvalue weighted by Gasteiger charge is 2.17. The predicted molar refractivity (Wildman–Crippen MR) is 78.0 cm³/mol. The molecular formula is C16H19B. The van der Waals surface area contributed by atoms with Crippen LogP contribution in [0.15, 0.2) is 42.5 Å². The van der Waals surface area contributed by atoms with Gasteiger partial charge in [-0.05, 0) is 20.8 Å². The fourth-order valence-electron chi connectivity index (χ4n) is 2.78. The number of rotatable bonds is 2. The van der Waals surface area contributed by atoms with Gasteiger partial charge in [-0.3, -0.25) is 0 Å². The van der Waals surface area contributed by atoms with E-state index in [0.717, 1.165) is 0 Å². The Morgan fingerprint density at radius 3 is 1.88 bits per heavy atom. The third kappa shape index (κ3) is 2.44. The van der Waals surface area contributed by atoms with E-state index in [0.29, 0.717) is 6.71 Å². The molecule has 0 heterocycles. The second kappa shape index (κ2) is 4.79. The first-order valence-electron chi connectivity index (χ1n) is 6.22. The minimum Gasteiger partial charge on any atom is -0.0774 e. The maximum Gasteiger partial charge on any atom is 0.206 e. The van der Waals surface area contributed by atoms with Crippen LogP contribution in [0.1, 0.15) is 16.7 Å². The largest absolute Gasteiger partial charge is 0.206 e. The highest BCUT2D eigenvalue weighted by molar-refractivity contribution is 6.84. The van der Waals surface area contributed by atoms with Gasteiger partial charge in [-0.1, -0.05) is 76.9 Å². The van der Waals surface area contributed by atoms with E-state index in [9.17, 15) is 0 Å². The van der Waals surface area contributed by atoms with Crippen molar-refractivity contribution in [2.45, 2.75) is 27.6 Å². The number of hydrogen-bond donors (Lipinski definition) is 0. The van der Waals surface area contributed by atoms with Gasteiger partial charge in [0.15, 0.2) is 0 Å². The second-order valence-corrected chi connectivity index (χ2v) is 4.94. The lowest BCUT2D eigenvalue weighted by Gasteiger charge is -2.16. The first kappa shape index (κ1) is 12.0. The van der Waals surface area contributed by atoms with Crippen molar-refractivity contribution < 1.29 is 0 Å². The van der Waals surface area contributed by atoms with Crippen molar-refractivity contribution in [2.75, 3.05) is 0 Å². The molecule has 0 unspecified atom stereocenters. The van der Waals surface area contributed by atoms with Crippen LogP contribution in [0.5, 0.6) is 0 Å². The molecule has 2 rings (SSSR count). The topological polar surface area (TPSA) is 0 Å². The molecule has 0 radical (unpaired) electrons. The number of aryl methyl sites for hydroxylation is 3. The Bertz CT molecular complexity index is 491. The van der Waals surface area contributed by atoms with Crippen molar-refractivity contribution in [3.05, 3.63) is 59.2 Å². The van der Waals surface area contributed by atoms with E-state index in [1.165, 1.54) is 27.6 Å². The zero-order valence-corrected chi connectivity index (χ0v) is 11.1. The van der Waals surface area contributed by atoms with Crippen molar-refractivity contribution >= 4 is 17.6 Å². The van der Waals surface area contributed by atoms with Gasteiger partial charge in [-0.25, -0.2) is 0 Å². The summed E-state index contributed by atoms with van der Waals surface area (Å²) in [4.78, 5) is 0. The molecule has 0 bridgehead atoms. The van der Waals surface area contributed by atoms with E-state index in [1.54, 1.807) is 0 Å². The van der Waals surface area contributed by atoms with Gasteiger partial charge in [0, 0.05) is 0 Å². The molecule has 0 spiro atoms. The highest BCUT2D eigenvalue weighted by Crippen LogP contribution is 2.07. The molecule has 0 nitrogen and oxygen atoms in total. The molecule has 0 aliphatic rings. The lowest BCUT2D eigenvalue weighted by atomic mass is 9.41. The molecular weight excluding hydrogens is 203 g/mol. The number of hydrogen-bond acceptors (Lipinski definition) is 0. The molecule has 0 amide bonds. The van der Waals surface area contributed by atoms with Crippen LogP contribution >= 0.6 is 0 Å². The molecule has 0 aliphatic heterocycles. The summed E-state index contributed by atoms with van der Waals surface area (Å²) in [6, 6.07) is 15.3. The SMILES string of the molecule is CB(c1ccccc1)c1c(C)cc(C)cc1C. The van der Waals surface area contributed by atoms with Crippen molar-refractivity contribution in [3.8, 4) is 0 Å². The third-order valence-corrected chi connectivity index (χ3v) is 3.47. The van der Waals surface area contributed by atoms with Gasteiger partial charge in [0.1, 0.15) is 0 Å². The van der Waals surface area contributed by atoms with E-state index < -0.39 is 0 Å². The molecule has 2 aromatic rings. The normalized spacial score (nSPS) is 10.4. The fourth-order valence-corrected chi connectivity index (χ4v) is 2.78. The molecule has 0 atom stereocenters. The van der Waals surface area contributed by atoms with Crippen LogP contribution in [-0.4, -0.2) is 6.71 Å². The Morgan fingerprint density at radius 1 is 0.824 bits per heavy atom. The Balaban J connectivity index is 2.48. The highest BCUT2D eigenvalue weighted by atomic mass is 14.0. The average Bonchev–Trinajstić information content (AvgIpc) is 2.28. The van der Waals surface area contributed by atoms with Gasteiger partial charge in [0.05, 0.1) is 0 Å². The van der Waals surface area contributed by atoms with Gasteiger partial charge in [-0.15, -0.1) is 0 Å². The van der Waals surface area contributed by atoms with Crippen molar-refractivity contribution in [1.82, 2.24) is 0 Å². The van der Waals surface area contributed by atoms with Crippen LogP contribution in [0.4, 0.5) is 0 Å². The molecule has 0 saturated heterocycles. The maximum absolute atomic E-state index is 2.29. The maximum atomic E-state index is 2.29. The van der Waals surface area contributed by atoms with Crippen LogP contribution in [0.3, 0.4) is 0 Å². The quantitative estimate of drug-likeness (QED) is 0.685. The van der Waals surface area contributed by atoms with Crippen molar-refractivity contribution in [2.24, 2.45) is 0 Å². The fraction of sp³-hybridized carbons (Fsp3) is 0.250. The first-order valence-corrected chi connectivity index (χ1v) is 6.22. The van der Waals surface area contributed by atoms with E-state index in [1.807, 2.05) is 0 Å². The minimum atomic E-state index is 0.469. The molecule has 0 N–H and O–H groups in total. The molecule has 86 valence electrons. The average molecular weight is 222 g/mol. The van der Waals surface area contributed by atoms with E-state index in [2.05, 4.69) is 70.1 Å². The first-order chi connectivity index (χ1) is 8.09. The summed E-state index contributed by atoms with van der Waals surface area (Å²) in [7, 11) is 0. The van der Waals surface area contributed by atoms with Crippen LogP contribution in [0.25, 0.3) is 0 Å². The summed E-state index contributed by atoms with van der Waals surface area (Å²) >= 11 is 0. The Hall–Kier alpha value is -1.50. The van der Waals surface area contributed by atoms with Gasteiger partial charge in [0.25, 0.3) is 0 Å². The van der Waals surface area contributed by atoms with Crippen LogP contribution in [0.2, 0.25) is 6.82 Å². The zero-order chi connectivity index (χ0) is 12.4. The predicted octanol–water partition coefficient (Wildman–Crippen LogP) is 2.85. The summed E-state index contributed by atoms with van der Waals surface area (Å²) in [5.74, 6) is 0.